The summed E-state index contributed by atoms with van der Waals surface area (Å²) in [4.78, 5) is 27.1. The van der Waals surface area contributed by atoms with E-state index in [0.29, 0.717) is 25.9 Å². The zero-order valence-electron chi connectivity index (χ0n) is 16.0. The number of halogens is 1. The molecule has 0 aliphatic rings. The Morgan fingerprint density at radius 3 is 2.44 bits per heavy atom. The van der Waals surface area contributed by atoms with E-state index in [1.54, 1.807) is 11.8 Å². The lowest BCUT2D eigenvalue weighted by Gasteiger charge is -2.29. The van der Waals surface area contributed by atoms with Crippen molar-refractivity contribution in [2.75, 3.05) is 6.54 Å². The van der Waals surface area contributed by atoms with Crippen LogP contribution in [0.5, 0.6) is 0 Å². The number of hydrogen-bond acceptors (Lipinski definition) is 2. The van der Waals surface area contributed by atoms with Gasteiger partial charge in [-0.1, -0.05) is 65.3 Å². The Morgan fingerprint density at radius 2 is 1.78 bits per heavy atom. The van der Waals surface area contributed by atoms with Crippen LogP contribution in [0.2, 0.25) is 0 Å². The highest BCUT2D eigenvalue weighted by atomic mass is 79.9. The topological polar surface area (TPSA) is 49.4 Å². The van der Waals surface area contributed by atoms with Crippen molar-refractivity contribution in [2.45, 2.75) is 45.7 Å². The molecule has 2 aromatic carbocycles. The molecular weight excluding hydrogens is 404 g/mol. The fourth-order valence-electron chi connectivity index (χ4n) is 2.85. The van der Waals surface area contributed by atoms with Crippen molar-refractivity contribution in [1.29, 1.82) is 0 Å². The number of nitrogens with zero attached hydrogens (tertiary/aromatic N) is 1. The molecule has 1 atom stereocenters. The van der Waals surface area contributed by atoms with Crippen molar-refractivity contribution in [3.8, 4) is 0 Å². The molecule has 0 radical (unpaired) electrons. The minimum atomic E-state index is -0.515. The normalized spacial score (nSPS) is 11.7. The molecule has 0 aromatic heterocycles. The SMILES string of the molecule is CCCNC(=O)C(C)N(Cc1cccc(Br)c1)C(=O)CCc1ccccc1. The van der Waals surface area contributed by atoms with Crippen LogP contribution in [0.25, 0.3) is 0 Å². The van der Waals surface area contributed by atoms with E-state index in [1.165, 1.54) is 0 Å². The second-order valence-electron chi connectivity index (χ2n) is 6.60. The number of benzene rings is 2. The second-order valence-corrected chi connectivity index (χ2v) is 7.52. The summed E-state index contributed by atoms with van der Waals surface area (Å²) in [7, 11) is 0. The first kappa shape index (κ1) is 21.2. The molecule has 0 bridgehead atoms. The summed E-state index contributed by atoms with van der Waals surface area (Å²) in [5.41, 5.74) is 2.11. The minimum Gasteiger partial charge on any atom is -0.354 e. The fourth-order valence-corrected chi connectivity index (χ4v) is 3.30. The maximum absolute atomic E-state index is 13.0. The van der Waals surface area contributed by atoms with Crippen LogP contribution in [0.3, 0.4) is 0 Å². The highest BCUT2D eigenvalue weighted by Gasteiger charge is 2.25. The molecule has 0 aliphatic carbocycles. The summed E-state index contributed by atoms with van der Waals surface area (Å²) >= 11 is 3.47. The van der Waals surface area contributed by atoms with Crippen molar-refractivity contribution in [1.82, 2.24) is 10.2 Å². The van der Waals surface area contributed by atoms with Crippen LogP contribution in [0.15, 0.2) is 59.1 Å². The number of aryl methyl sites for hydroxylation is 1. The summed E-state index contributed by atoms with van der Waals surface area (Å²) in [5.74, 6) is -0.127. The van der Waals surface area contributed by atoms with Crippen LogP contribution in [0, 0.1) is 0 Å². The molecule has 0 fully saturated rings. The predicted octanol–water partition coefficient (Wildman–Crippen LogP) is 4.33. The molecule has 1 unspecified atom stereocenters. The van der Waals surface area contributed by atoms with Gasteiger partial charge in [0.1, 0.15) is 6.04 Å². The molecule has 0 saturated carbocycles. The summed E-state index contributed by atoms with van der Waals surface area (Å²) < 4.78 is 0.958. The Balaban J connectivity index is 2.11. The molecule has 2 amide bonds. The number of rotatable bonds is 9. The first-order chi connectivity index (χ1) is 13.0. The first-order valence-corrected chi connectivity index (χ1v) is 10.2. The Morgan fingerprint density at radius 1 is 1.07 bits per heavy atom. The van der Waals surface area contributed by atoms with Gasteiger partial charge in [-0.15, -0.1) is 0 Å². The molecule has 144 valence electrons. The number of carbonyl (C=O) groups excluding carboxylic acids is 2. The van der Waals surface area contributed by atoms with Crippen LogP contribution in [-0.2, 0) is 22.6 Å². The van der Waals surface area contributed by atoms with Crippen molar-refractivity contribution in [2.24, 2.45) is 0 Å². The van der Waals surface area contributed by atoms with Crippen molar-refractivity contribution in [3.05, 3.63) is 70.2 Å². The van der Waals surface area contributed by atoms with E-state index in [0.717, 1.165) is 22.0 Å². The zero-order valence-corrected chi connectivity index (χ0v) is 17.5. The number of hydrogen-bond donors (Lipinski definition) is 1. The smallest absolute Gasteiger partial charge is 0.242 e. The highest BCUT2D eigenvalue weighted by Crippen LogP contribution is 2.16. The van der Waals surface area contributed by atoms with Crippen LogP contribution >= 0.6 is 15.9 Å². The van der Waals surface area contributed by atoms with Gasteiger partial charge in [0.05, 0.1) is 0 Å². The zero-order chi connectivity index (χ0) is 19.6. The predicted molar refractivity (Wildman–Crippen MR) is 112 cm³/mol. The summed E-state index contributed by atoms with van der Waals surface area (Å²) in [6.07, 6.45) is 1.91. The number of carbonyl (C=O) groups is 2. The molecule has 0 saturated heterocycles. The number of nitrogens with one attached hydrogen (secondary N) is 1. The standard InChI is InChI=1S/C22H27BrN2O2/c1-3-14-24-22(27)17(2)25(16-19-10-7-11-20(23)15-19)21(26)13-12-18-8-5-4-6-9-18/h4-11,15,17H,3,12-14,16H2,1-2H3,(H,24,27). The van der Waals surface area contributed by atoms with E-state index < -0.39 is 6.04 Å². The highest BCUT2D eigenvalue weighted by molar-refractivity contribution is 9.10. The lowest BCUT2D eigenvalue weighted by atomic mass is 10.1. The van der Waals surface area contributed by atoms with Gasteiger partial charge in [-0.2, -0.15) is 0 Å². The average molecular weight is 431 g/mol. The molecule has 0 heterocycles. The monoisotopic (exact) mass is 430 g/mol. The summed E-state index contributed by atoms with van der Waals surface area (Å²) in [6.45, 7) is 4.83. The Hall–Kier alpha value is -2.14. The summed E-state index contributed by atoms with van der Waals surface area (Å²) in [5, 5.41) is 2.90. The van der Waals surface area contributed by atoms with Gasteiger partial charge in [0.25, 0.3) is 0 Å². The Kier molecular flexibility index (Phi) is 8.52. The van der Waals surface area contributed by atoms with Gasteiger partial charge >= 0.3 is 0 Å². The third-order valence-corrected chi connectivity index (χ3v) is 4.92. The Labute approximate surface area is 170 Å². The van der Waals surface area contributed by atoms with Crippen molar-refractivity contribution in [3.63, 3.8) is 0 Å². The molecule has 2 aromatic rings. The van der Waals surface area contributed by atoms with Crippen LogP contribution < -0.4 is 5.32 Å². The van der Waals surface area contributed by atoms with E-state index in [-0.39, 0.29) is 11.8 Å². The van der Waals surface area contributed by atoms with E-state index >= 15 is 0 Å². The van der Waals surface area contributed by atoms with Crippen LogP contribution in [0.4, 0.5) is 0 Å². The summed E-state index contributed by atoms with van der Waals surface area (Å²) in [6, 6.07) is 17.3. The molecule has 5 heteroatoms. The van der Waals surface area contributed by atoms with Crippen LogP contribution in [-0.4, -0.2) is 29.3 Å². The molecule has 27 heavy (non-hydrogen) atoms. The molecule has 0 aliphatic heterocycles. The van der Waals surface area contributed by atoms with Gasteiger partial charge in [-0.3, -0.25) is 9.59 Å². The fraction of sp³-hybridized carbons (Fsp3) is 0.364. The molecule has 1 N–H and O–H groups in total. The Bertz CT molecular complexity index is 749. The maximum Gasteiger partial charge on any atom is 0.242 e. The van der Waals surface area contributed by atoms with E-state index in [9.17, 15) is 9.59 Å². The molecular formula is C22H27BrN2O2. The van der Waals surface area contributed by atoms with Gasteiger partial charge in [0, 0.05) is 24.0 Å². The van der Waals surface area contributed by atoms with Gasteiger partial charge in [0.2, 0.25) is 11.8 Å². The molecule has 0 spiro atoms. The van der Waals surface area contributed by atoms with E-state index in [1.807, 2.05) is 61.5 Å². The average Bonchev–Trinajstić information content (AvgIpc) is 2.68. The van der Waals surface area contributed by atoms with Crippen molar-refractivity contribution < 1.29 is 9.59 Å². The third kappa shape index (κ3) is 6.83. The van der Waals surface area contributed by atoms with Gasteiger partial charge in [0.15, 0.2) is 0 Å². The first-order valence-electron chi connectivity index (χ1n) is 9.36. The molecule has 4 nitrogen and oxygen atoms in total. The second kappa shape index (κ2) is 10.9. The number of amides is 2. The largest absolute Gasteiger partial charge is 0.354 e. The molecule has 2 rings (SSSR count). The van der Waals surface area contributed by atoms with Gasteiger partial charge in [-0.05, 0) is 43.0 Å². The quantitative estimate of drug-likeness (QED) is 0.643. The van der Waals surface area contributed by atoms with Gasteiger partial charge in [-0.25, -0.2) is 0 Å². The lowest BCUT2D eigenvalue weighted by molar-refractivity contribution is -0.140. The minimum absolute atomic E-state index is 0.0158. The van der Waals surface area contributed by atoms with Gasteiger partial charge < -0.3 is 10.2 Å². The van der Waals surface area contributed by atoms with Crippen LogP contribution in [0.1, 0.15) is 37.8 Å². The lowest BCUT2D eigenvalue weighted by Crippen LogP contribution is -2.47. The third-order valence-electron chi connectivity index (χ3n) is 4.43. The maximum atomic E-state index is 13.0. The van der Waals surface area contributed by atoms with Crippen molar-refractivity contribution >= 4 is 27.7 Å². The van der Waals surface area contributed by atoms with E-state index in [2.05, 4.69) is 21.2 Å². The van der Waals surface area contributed by atoms with E-state index in [4.69, 9.17) is 0 Å².